The Labute approximate surface area is 85.4 Å². The van der Waals surface area contributed by atoms with E-state index in [4.69, 9.17) is 0 Å². The third-order valence-corrected chi connectivity index (χ3v) is 2.07. The van der Waals surface area contributed by atoms with E-state index >= 15 is 0 Å². The average molecular weight is 190 g/mol. The summed E-state index contributed by atoms with van der Waals surface area (Å²) in [6.45, 7) is 8.13. The molecule has 0 aliphatic rings. The van der Waals surface area contributed by atoms with E-state index < -0.39 is 0 Å². The zero-order chi connectivity index (χ0) is 10.6. The summed E-state index contributed by atoms with van der Waals surface area (Å²) < 4.78 is 0. The van der Waals surface area contributed by atoms with Gasteiger partial charge in [0.25, 0.3) is 0 Å². The third kappa shape index (κ3) is 2.13. The lowest BCUT2D eigenvalue weighted by atomic mass is 10.1. The molecule has 2 aromatic rings. The second-order valence-electron chi connectivity index (χ2n) is 3.03. The van der Waals surface area contributed by atoms with E-state index in [1.165, 1.54) is 5.56 Å². The minimum atomic E-state index is 0.984. The molecule has 0 saturated carbocycles. The van der Waals surface area contributed by atoms with Gasteiger partial charge in [0.1, 0.15) is 5.82 Å². The van der Waals surface area contributed by atoms with Crippen molar-refractivity contribution < 1.29 is 0 Å². The molecule has 0 bridgehead atoms. The summed E-state index contributed by atoms with van der Waals surface area (Å²) in [5.74, 6) is 0.984. The fourth-order valence-electron chi connectivity index (χ4n) is 1.40. The molecule has 0 aliphatic heterocycles. The fraction of sp³-hybridized carbons (Fsp3) is 0.417. The number of imidazole rings is 1. The van der Waals surface area contributed by atoms with Crippen LogP contribution in [-0.4, -0.2) is 9.97 Å². The summed E-state index contributed by atoms with van der Waals surface area (Å²) >= 11 is 0. The molecule has 2 rings (SSSR count). The van der Waals surface area contributed by atoms with Crippen molar-refractivity contribution in [3.8, 4) is 0 Å². The summed E-state index contributed by atoms with van der Waals surface area (Å²) in [6, 6.07) is 6.36. The number of hydrogen-bond acceptors (Lipinski definition) is 1. The van der Waals surface area contributed by atoms with E-state index in [0.29, 0.717) is 0 Å². The molecule has 0 aliphatic carbocycles. The summed E-state index contributed by atoms with van der Waals surface area (Å²) in [4.78, 5) is 7.56. The van der Waals surface area contributed by atoms with Crippen LogP contribution in [0.25, 0.3) is 11.0 Å². The van der Waals surface area contributed by atoms with Gasteiger partial charge in [0, 0.05) is 0 Å². The highest BCUT2D eigenvalue weighted by molar-refractivity contribution is 5.75. The number of rotatable bonds is 1. The van der Waals surface area contributed by atoms with Crippen LogP contribution in [0.3, 0.4) is 0 Å². The van der Waals surface area contributed by atoms with Gasteiger partial charge in [0.15, 0.2) is 0 Å². The first-order valence-corrected chi connectivity index (χ1v) is 5.25. The summed E-state index contributed by atoms with van der Waals surface area (Å²) in [7, 11) is 0. The maximum atomic E-state index is 4.33. The van der Waals surface area contributed by atoms with Gasteiger partial charge in [0.2, 0.25) is 0 Å². The Bertz CT molecular complexity index is 402. The average Bonchev–Trinajstić information content (AvgIpc) is 2.59. The molecule has 0 radical (unpaired) electrons. The van der Waals surface area contributed by atoms with Crippen molar-refractivity contribution in [2.45, 2.75) is 34.1 Å². The lowest BCUT2D eigenvalue weighted by molar-refractivity contribution is 1.14. The predicted octanol–water partition coefficient (Wildman–Crippen LogP) is 3.46. The Morgan fingerprint density at radius 1 is 1.29 bits per heavy atom. The van der Waals surface area contributed by atoms with Crippen LogP contribution in [0.4, 0.5) is 0 Å². The predicted molar refractivity (Wildman–Crippen MR) is 61.6 cm³/mol. The molecular weight excluding hydrogens is 172 g/mol. The molecule has 0 atom stereocenters. The molecule has 2 heteroatoms. The number of aryl methyl sites for hydroxylation is 2. The van der Waals surface area contributed by atoms with Gasteiger partial charge in [-0.3, -0.25) is 0 Å². The van der Waals surface area contributed by atoms with Crippen LogP contribution in [0.1, 0.15) is 32.2 Å². The lowest BCUT2D eigenvalue weighted by Crippen LogP contribution is -1.78. The molecule has 0 spiro atoms. The smallest absolute Gasteiger partial charge is 0.104 e. The molecule has 2 nitrogen and oxygen atoms in total. The van der Waals surface area contributed by atoms with Crippen LogP contribution < -0.4 is 0 Å². The number of aromatic nitrogens is 2. The van der Waals surface area contributed by atoms with Gasteiger partial charge in [-0.15, -0.1) is 0 Å². The number of nitrogens with zero attached hydrogens (tertiary/aromatic N) is 1. The normalized spacial score (nSPS) is 9.71. The highest BCUT2D eigenvalue weighted by Gasteiger charge is 1.98. The highest BCUT2D eigenvalue weighted by Crippen LogP contribution is 2.13. The maximum Gasteiger partial charge on any atom is 0.104 e. The zero-order valence-corrected chi connectivity index (χ0v) is 9.39. The summed E-state index contributed by atoms with van der Waals surface area (Å²) in [6.07, 6.45) is 1.08. The number of benzene rings is 1. The number of aromatic amines is 1. The molecule has 14 heavy (non-hydrogen) atoms. The second kappa shape index (κ2) is 4.80. The van der Waals surface area contributed by atoms with Crippen molar-refractivity contribution in [3.05, 3.63) is 29.6 Å². The molecule has 0 fully saturated rings. The maximum absolute atomic E-state index is 4.33. The van der Waals surface area contributed by atoms with Crippen LogP contribution in [-0.2, 0) is 6.42 Å². The first kappa shape index (κ1) is 10.8. The van der Waals surface area contributed by atoms with E-state index in [1.54, 1.807) is 0 Å². The van der Waals surface area contributed by atoms with E-state index in [9.17, 15) is 0 Å². The number of H-pyrrole nitrogens is 1. The minimum Gasteiger partial charge on any atom is -0.342 e. The van der Waals surface area contributed by atoms with Crippen molar-refractivity contribution in [3.63, 3.8) is 0 Å². The van der Waals surface area contributed by atoms with Crippen molar-refractivity contribution >= 4 is 11.0 Å². The first-order valence-electron chi connectivity index (χ1n) is 5.25. The Morgan fingerprint density at radius 2 is 2.00 bits per heavy atom. The Balaban J connectivity index is 0.000000461. The quantitative estimate of drug-likeness (QED) is 0.733. The van der Waals surface area contributed by atoms with E-state index in [-0.39, 0.29) is 0 Å². The molecule has 0 unspecified atom stereocenters. The fourth-order valence-corrected chi connectivity index (χ4v) is 1.40. The Hall–Kier alpha value is -1.31. The van der Waals surface area contributed by atoms with Crippen LogP contribution in [0.2, 0.25) is 0 Å². The summed E-state index contributed by atoms with van der Waals surface area (Å²) in [5, 5.41) is 0. The van der Waals surface area contributed by atoms with Crippen molar-refractivity contribution in [1.82, 2.24) is 9.97 Å². The zero-order valence-electron chi connectivity index (χ0n) is 9.39. The van der Waals surface area contributed by atoms with Gasteiger partial charge in [-0.05, 0) is 31.0 Å². The van der Waals surface area contributed by atoms with Gasteiger partial charge in [-0.25, -0.2) is 4.98 Å². The van der Waals surface area contributed by atoms with Gasteiger partial charge in [-0.2, -0.15) is 0 Å². The topological polar surface area (TPSA) is 28.7 Å². The first-order chi connectivity index (χ1) is 6.79. The number of fused-ring (bicyclic) bond motifs is 1. The third-order valence-electron chi connectivity index (χ3n) is 2.07. The highest BCUT2D eigenvalue weighted by atomic mass is 14.9. The Kier molecular flexibility index (Phi) is 3.69. The molecule has 1 heterocycles. The molecule has 76 valence electrons. The molecule has 0 amide bonds. The molecule has 1 N–H and O–H groups in total. The SMILES string of the molecule is CC.CCc1ccc2nc(C)[nH]c2c1. The number of nitrogens with one attached hydrogen (secondary N) is 1. The van der Waals surface area contributed by atoms with Gasteiger partial charge in [-0.1, -0.05) is 26.8 Å². The largest absolute Gasteiger partial charge is 0.342 e. The van der Waals surface area contributed by atoms with Crippen LogP contribution >= 0.6 is 0 Å². The van der Waals surface area contributed by atoms with Crippen LogP contribution in [0.15, 0.2) is 18.2 Å². The van der Waals surface area contributed by atoms with Gasteiger partial charge < -0.3 is 4.98 Å². The van der Waals surface area contributed by atoms with Crippen LogP contribution in [0.5, 0.6) is 0 Å². The summed E-state index contributed by atoms with van der Waals surface area (Å²) in [5.41, 5.74) is 3.56. The minimum absolute atomic E-state index is 0.984. The van der Waals surface area contributed by atoms with Crippen molar-refractivity contribution in [1.29, 1.82) is 0 Å². The van der Waals surface area contributed by atoms with Gasteiger partial charge >= 0.3 is 0 Å². The van der Waals surface area contributed by atoms with Crippen molar-refractivity contribution in [2.24, 2.45) is 0 Å². The van der Waals surface area contributed by atoms with E-state index in [0.717, 1.165) is 23.3 Å². The van der Waals surface area contributed by atoms with Crippen molar-refractivity contribution in [2.75, 3.05) is 0 Å². The Morgan fingerprint density at radius 3 is 2.64 bits per heavy atom. The van der Waals surface area contributed by atoms with Gasteiger partial charge in [0.05, 0.1) is 11.0 Å². The lowest BCUT2D eigenvalue weighted by Gasteiger charge is -1.93. The molecule has 1 aromatic carbocycles. The standard InChI is InChI=1S/C10H12N2.C2H6/c1-3-8-4-5-9-10(6-8)12-7(2)11-9;1-2/h4-6H,3H2,1-2H3,(H,11,12);1-2H3. The van der Waals surface area contributed by atoms with E-state index in [2.05, 4.69) is 35.1 Å². The second-order valence-corrected chi connectivity index (χ2v) is 3.03. The molecule has 1 aromatic heterocycles. The van der Waals surface area contributed by atoms with E-state index in [1.807, 2.05) is 20.8 Å². The molecular formula is C12H18N2. The van der Waals surface area contributed by atoms with Crippen LogP contribution in [0, 0.1) is 6.92 Å². The number of hydrogen-bond donors (Lipinski definition) is 1. The molecule has 0 saturated heterocycles. The monoisotopic (exact) mass is 190 g/mol.